The van der Waals surface area contributed by atoms with Crippen molar-refractivity contribution < 1.29 is 9.18 Å². The van der Waals surface area contributed by atoms with E-state index in [9.17, 15) is 9.18 Å². The number of halogens is 1. The van der Waals surface area contributed by atoms with Gasteiger partial charge < -0.3 is 11.1 Å². The number of amides is 1. The lowest BCUT2D eigenvalue weighted by atomic mass is 10.1. The van der Waals surface area contributed by atoms with Gasteiger partial charge in [-0.15, -0.1) is 0 Å². The first kappa shape index (κ1) is 14.2. The van der Waals surface area contributed by atoms with Crippen molar-refractivity contribution in [2.75, 3.05) is 11.5 Å². The third-order valence-corrected chi connectivity index (χ3v) is 4.71. The molecular formula is C14H19FN2OS. The van der Waals surface area contributed by atoms with Gasteiger partial charge >= 0.3 is 0 Å². The summed E-state index contributed by atoms with van der Waals surface area (Å²) in [5.74, 6) is 0.145. The van der Waals surface area contributed by atoms with Gasteiger partial charge in [0.05, 0.1) is 5.56 Å². The molecule has 3 N–H and O–H groups in total. The van der Waals surface area contributed by atoms with Crippen molar-refractivity contribution in [3.8, 4) is 0 Å². The van der Waals surface area contributed by atoms with E-state index in [0.717, 1.165) is 25.0 Å². The highest BCUT2D eigenvalue weighted by molar-refractivity contribution is 7.99. The van der Waals surface area contributed by atoms with Gasteiger partial charge in [0, 0.05) is 17.0 Å². The summed E-state index contributed by atoms with van der Waals surface area (Å²) in [5.41, 5.74) is 6.03. The van der Waals surface area contributed by atoms with Crippen LogP contribution >= 0.6 is 11.8 Å². The van der Waals surface area contributed by atoms with Gasteiger partial charge in [0.2, 0.25) is 0 Å². The second-order valence-corrected chi connectivity index (χ2v) is 6.26. The standard InChI is InChI=1S/C14H19FN2OS/c1-2-19-13-5-3-4-12(13)17-14(18)10-8-9(16)6-7-11(10)15/h6-8,12-13H,2-5,16H2,1H3,(H,17,18). The maximum Gasteiger partial charge on any atom is 0.254 e. The molecule has 2 unspecified atom stereocenters. The molecule has 2 atom stereocenters. The average molecular weight is 282 g/mol. The number of nitrogen functional groups attached to an aromatic ring is 1. The Labute approximate surface area is 117 Å². The maximum absolute atomic E-state index is 13.6. The predicted molar refractivity (Wildman–Crippen MR) is 77.8 cm³/mol. The molecule has 3 nitrogen and oxygen atoms in total. The fraction of sp³-hybridized carbons (Fsp3) is 0.500. The zero-order valence-corrected chi connectivity index (χ0v) is 11.8. The number of benzene rings is 1. The maximum atomic E-state index is 13.6. The zero-order chi connectivity index (χ0) is 13.8. The molecule has 1 aliphatic rings. The average Bonchev–Trinajstić information content (AvgIpc) is 2.80. The summed E-state index contributed by atoms with van der Waals surface area (Å²) in [4.78, 5) is 12.1. The molecule has 0 spiro atoms. The van der Waals surface area contributed by atoms with Crippen LogP contribution in [0.15, 0.2) is 18.2 Å². The summed E-state index contributed by atoms with van der Waals surface area (Å²) in [5, 5.41) is 3.39. The smallest absolute Gasteiger partial charge is 0.254 e. The Morgan fingerprint density at radius 1 is 1.53 bits per heavy atom. The Hall–Kier alpha value is -1.23. The van der Waals surface area contributed by atoms with Crippen LogP contribution in [0.2, 0.25) is 0 Å². The topological polar surface area (TPSA) is 55.1 Å². The first-order chi connectivity index (χ1) is 9.11. The van der Waals surface area contributed by atoms with Crippen LogP contribution in [0.25, 0.3) is 0 Å². The number of anilines is 1. The number of hydrogen-bond donors (Lipinski definition) is 2. The van der Waals surface area contributed by atoms with Gasteiger partial charge in [0.1, 0.15) is 5.82 Å². The third kappa shape index (κ3) is 3.41. The van der Waals surface area contributed by atoms with E-state index in [-0.39, 0.29) is 17.5 Å². The number of carbonyl (C=O) groups excluding carboxylic acids is 1. The summed E-state index contributed by atoms with van der Waals surface area (Å²) >= 11 is 1.86. The van der Waals surface area contributed by atoms with Crippen molar-refractivity contribution >= 4 is 23.4 Å². The molecule has 19 heavy (non-hydrogen) atoms. The van der Waals surface area contributed by atoms with Crippen molar-refractivity contribution in [3.05, 3.63) is 29.6 Å². The van der Waals surface area contributed by atoms with Crippen LogP contribution in [0, 0.1) is 5.82 Å². The van der Waals surface area contributed by atoms with Gasteiger partial charge in [0.15, 0.2) is 0 Å². The van der Waals surface area contributed by atoms with E-state index in [1.165, 1.54) is 18.2 Å². The second-order valence-electron chi connectivity index (χ2n) is 4.74. The fourth-order valence-corrected chi connectivity index (χ4v) is 3.67. The van der Waals surface area contributed by atoms with Crippen LogP contribution in [-0.4, -0.2) is 23.0 Å². The normalized spacial score (nSPS) is 22.4. The zero-order valence-electron chi connectivity index (χ0n) is 11.0. The van der Waals surface area contributed by atoms with E-state index < -0.39 is 5.82 Å². The Balaban J connectivity index is 2.06. The monoisotopic (exact) mass is 282 g/mol. The lowest BCUT2D eigenvalue weighted by Crippen LogP contribution is -2.39. The summed E-state index contributed by atoms with van der Waals surface area (Å²) < 4.78 is 13.6. The molecule has 1 aromatic carbocycles. The first-order valence-corrected chi connectivity index (χ1v) is 7.64. The number of carbonyl (C=O) groups is 1. The summed E-state index contributed by atoms with van der Waals surface area (Å²) in [6.45, 7) is 2.11. The SMILES string of the molecule is CCSC1CCCC1NC(=O)c1cc(N)ccc1F. The van der Waals surface area contributed by atoms with Crippen molar-refractivity contribution in [2.45, 2.75) is 37.5 Å². The Morgan fingerprint density at radius 2 is 2.32 bits per heavy atom. The summed E-state index contributed by atoms with van der Waals surface area (Å²) in [6.07, 6.45) is 3.19. The molecule has 5 heteroatoms. The number of rotatable bonds is 4. The van der Waals surface area contributed by atoms with Crippen LogP contribution in [0.4, 0.5) is 10.1 Å². The third-order valence-electron chi connectivity index (χ3n) is 3.38. The minimum atomic E-state index is -0.524. The van der Waals surface area contributed by atoms with Crippen molar-refractivity contribution in [1.82, 2.24) is 5.32 Å². The lowest BCUT2D eigenvalue weighted by Gasteiger charge is -2.20. The van der Waals surface area contributed by atoms with Crippen LogP contribution in [0.1, 0.15) is 36.5 Å². The molecule has 0 aliphatic heterocycles. The van der Waals surface area contributed by atoms with Gasteiger partial charge in [-0.05, 0) is 36.8 Å². The van der Waals surface area contributed by atoms with Crippen LogP contribution in [0.5, 0.6) is 0 Å². The van der Waals surface area contributed by atoms with Gasteiger partial charge in [-0.1, -0.05) is 13.3 Å². The molecule has 0 heterocycles. The number of thioether (sulfide) groups is 1. The quantitative estimate of drug-likeness (QED) is 0.835. The minimum absolute atomic E-state index is 0.0344. The molecule has 1 amide bonds. The molecule has 1 saturated carbocycles. The Morgan fingerprint density at radius 3 is 3.05 bits per heavy atom. The number of hydrogen-bond acceptors (Lipinski definition) is 3. The van der Waals surface area contributed by atoms with E-state index in [4.69, 9.17) is 5.73 Å². The molecule has 0 radical (unpaired) electrons. The molecular weight excluding hydrogens is 263 g/mol. The van der Waals surface area contributed by atoms with Gasteiger partial charge in [-0.25, -0.2) is 4.39 Å². The van der Waals surface area contributed by atoms with E-state index in [1.807, 2.05) is 11.8 Å². The van der Waals surface area contributed by atoms with E-state index >= 15 is 0 Å². The van der Waals surface area contributed by atoms with Crippen molar-refractivity contribution in [3.63, 3.8) is 0 Å². The van der Waals surface area contributed by atoms with E-state index in [0.29, 0.717) is 10.9 Å². The fourth-order valence-electron chi connectivity index (χ4n) is 2.47. The predicted octanol–water partition coefficient (Wildman–Crippen LogP) is 2.81. The Bertz CT molecular complexity index is 467. The largest absolute Gasteiger partial charge is 0.399 e. The number of nitrogens with two attached hydrogens (primary N) is 1. The van der Waals surface area contributed by atoms with Gasteiger partial charge in [-0.2, -0.15) is 11.8 Å². The highest BCUT2D eigenvalue weighted by atomic mass is 32.2. The second kappa shape index (κ2) is 6.28. The molecule has 104 valence electrons. The van der Waals surface area contributed by atoms with E-state index in [2.05, 4.69) is 12.2 Å². The van der Waals surface area contributed by atoms with Crippen LogP contribution in [-0.2, 0) is 0 Å². The van der Waals surface area contributed by atoms with Crippen LogP contribution < -0.4 is 11.1 Å². The van der Waals surface area contributed by atoms with Gasteiger partial charge in [0.25, 0.3) is 5.91 Å². The van der Waals surface area contributed by atoms with Crippen LogP contribution in [0.3, 0.4) is 0 Å². The summed E-state index contributed by atoms with van der Waals surface area (Å²) in [7, 11) is 0. The van der Waals surface area contributed by atoms with Gasteiger partial charge in [-0.3, -0.25) is 4.79 Å². The van der Waals surface area contributed by atoms with E-state index in [1.54, 1.807) is 0 Å². The highest BCUT2D eigenvalue weighted by Gasteiger charge is 2.29. The Kier molecular flexibility index (Phi) is 4.69. The molecule has 2 rings (SSSR count). The number of nitrogens with one attached hydrogen (secondary N) is 1. The highest BCUT2D eigenvalue weighted by Crippen LogP contribution is 2.30. The molecule has 1 fully saturated rings. The molecule has 1 aromatic rings. The molecule has 0 aromatic heterocycles. The van der Waals surface area contributed by atoms with Crippen molar-refractivity contribution in [1.29, 1.82) is 0 Å². The lowest BCUT2D eigenvalue weighted by molar-refractivity contribution is 0.0934. The van der Waals surface area contributed by atoms with Crippen molar-refractivity contribution in [2.24, 2.45) is 0 Å². The summed E-state index contributed by atoms with van der Waals surface area (Å²) in [6, 6.07) is 4.22. The molecule has 1 aliphatic carbocycles. The minimum Gasteiger partial charge on any atom is -0.399 e. The molecule has 0 bridgehead atoms. The molecule has 0 saturated heterocycles. The first-order valence-electron chi connectivity index (χ1n) is 6.59.